The standard InChI is InChI=1S/C31H39N3O4/c1-19-8-10-20(11-9-19)23-14-22(29(2,3)4)26-24(32-23)15-25(38-26)28(36)34-13-12-33(18-30(34,5)6)27(35)21-16-31(7,37)17-21/h8-11,14-15,21,37H,12-13,16-18H2,1-7H3/t21-,31-. The molecule has 0 spiro atoms. The van der Waals surface area contributed by atoms with E-state index < -0.39 is 11.1 Å². The number of benzene rings is 1. The van der Waals surface area contributed by atoms with Crippen LogP contribution in [0.3, 0.4) is 0 Å². The molecule has 1 aliphatic carbocycles. The molecule has 0 radical (unpaired) electrons. The van der Waals surface area contributed by atoms with Crippen LogP contribution in [0, 0.1) is 12.8 Å². The van der Waals surface area contributed by atoms with Gasteiger partial charge >= 0.3 is 0 Å². The highest BCUT2D eigenvalue weighted by atomic mass is 16.3. The number of piperazine rings is 1. The number of amides is 2. The molecule has 3 heterocycles. The average molecular weight is 518 g/mol. The van der Waals surface area contributed by atoms with Crippen LogP contribution in [0.5, 0.6) is 0 Å². The lowest BCUT2D eigenvalue weighted by Gasteiger charge is -2.49. The van der Waals surface area contributed by atoms with E-state index in [2.05, 4.69) is 58.0 Å². The number of rotatable bonds is 3. The van der Waals surface area contributed by atoms with E-state index in [1.165, 1.54) is 5.56 Å². The lowest BCUT2D eigenvalue weighted by Crippen LogP contribution is -2.63. The zero-order chi connectivity index (χ0) is 27.6. The van der Waals surface area contributed by atoms with Gasteiger partial charge in [-0.1, -0.05) is 50.6 Å². The fourth-order valence-electron chi connectivity index (χ4n) is 5.84. The molecule has 1 N–H and O–H groups in total. The molecule has 2 amide bonds. The molecule has 2 aromatic heterocycles. The Kier molecular flexibility index (Phi) is 6.21. The minimum absolute atomic E-state index is 0.0723. The smallest absolute Gasteiger partial charge is 0.290 e. The third-order valence-corrected chi connectivity index (χ3v) is 8.03. The number of hydrogen-bond acceptors (Lipinski definition) is 5. The van der Waals surface area contributed by atoms with Crippen molar-refractivity contribution in [2.24, 2.45) is 5.92 Å². The summed E-state index contributed by atoms with van der Waals surface area (Å²) >= 11 is 0. The van der Waals surface area contributed by atoms with Crippen LogP contribution in [-0.2, 0) is 10.2 Å². The maximum atomic E-state index is 13.8. The van der Waals surface area contributed by atoms with Gasteiger partial charge in [0.05, 0.1) is 16.8 Å². The predicted molar refractivity (Wildman–Crippen MR) is 148 cm³/mol. The number of carbonyl (C=O) groups excluding carboxylic acids is 2. The Morgan fingerprint density at radius 3 is 2.29 bits per heavy atom. The molecule has 202 valence electrons. The maximum Gasteiger partial charge on any atom is 0.290 e. The van der Waals surface area contributed by atoms with Gasteiger partial charge in [-0.2, -0.15) is 0 Å². The fraction of sp³-hybridized carbons (Fsp3) is 0.516. The van der Waals surface area contributed by atoms with E-state index in [1.54, 1.807) is 13.0 Å². The van der Waals surface area contributed by atoms with Gasteiger partial charge in [-0.05, 0) is 52.0 Å². The molecule has 5 rings (SSSR count). The van der Waals surface area contributed by atoms with Gasteiger partial charge in [0, 0.05) is 42.7 Å². The first-order valence-corrected chi connectivity index (χ1v) is 13.5. The summed E-state index contributed by atoms with van der Waals surface area (Å²) in [5.74, 6) is 0.0107. The van der Waals surface area contributed by atoms with Crippen LogP contribution in [-0.4, -0.2) is 62.5 Å². The van der Waals surface area contributed by atoms with Gasteiger partial charge < -0.3 is 19.3 Å². The van der Waals surface area contributed by atoms with Gasteiger partial charge in [0.15, 0.2) is 11.3 Å². The van der Waals surface area contributed by atoms with E-state index in [1.807, 2.05) is 23.6 Å². The molecule has 1 saturated carbocycles. The lowest BCUT2D eigenvalue weighted by molar-refractivity contribution is -0.153. The monoisotopic (exact) mass is 517 g/mol. The highest BCUT2D eigenvalue weighted by molar-refractivity contribution is 5.97. The summed E-state index contributed by atoms with van der Waals surface area (Å²) in [5, 5.41) is 10.1. The number of furan rings is 1. The van der Waals surface area contributed by atoms with E-state index >= 15 is 0 Å². The Balaban J connectivity index is 1.42. The number of hydrogen-bond donors (Lipinski definition) is 1. The minimum Gasteiger partial charge on any atom is -0.449 e. The van der Waals surface area contributed by atoms with E-state index in [0.717, 1.165) is 16.8 Å². The van der Waals surface area contributed by atoms with Gasteiger partial charge in [-0.15, -0.1) is 0 Å². The first-order chi connectivity index (χ1) is 17.6. The average Bonchev–Trinajstić information content (AvgIpc) is 3.24. The molecule has 7 nitrogen and oxygen atoms in total. The van der Waals surface area contributed by atoms with E-state index in [0.29, 0.717) is 43.6 Å². The van der Waals surface area contributed by atoms with Crippen molar-refractivity contribution in [2.45, 2.75) is 77.9 Å². The summed E-state index contributed by atoms with van der Waals surface area (Å²) in [5.41, 5.74) is 3.85. The van der Waals surface area contributed by atoms with E-state index in [4.69, 9.17) is 9.40 Å². The zero-order valence-corrected chi connectivity index (χ0v) is 23.6. The summed E-state index contributed by atoms with van der Waals surface area (Å²) < 4.78 is 6.24. The van der Waals surface area contributed by atoms with Crippen LogP contribution >= 0.6 is 0 Å². The number of carbonyl (C=O) groups is 2. The van der Waals surface area contributed by atoms with Crippen LogP contribution in [0.15, 0.2) is 40.8 Å². The topological polar surface area (TPSA) is 86.9 Å². The number of aromatic nitrogens is 1. The van der Waals surface area contributed by atoms with Crippen molar-refractivity contribution in [2.75, 3.05) is 19.6 Å². The van der Waals surface area contributed by atoms with Crippen LogP contribution in [0.25, 0.3) is 22.4 Å². The Bertz CT molecular complexity index is 1390. The van der Waals surface area contributed by atoms with Crippen molar-refractivity contribution in [1.82, 2.24) is 14.8 Å². The third-order valence-electron chi connectivity index (χ3n) is 8.03. The Morgan fingerprint density at radius 1 is 1.05 bits per heavy atom. The number of pyridine rings is 1. The molecule has 0 atom stereocenters. The molecule has 1 saturated heterocycles. The number of aryl methyl sites for hydroxylation is 1. The highest BCUT2D eigenvalue weighted by Crippen LogP contribution is 2.39. The largest absolute Gasteiger partial charge is 0.449 e. The van der Waals surface area contributed by atoms with Crippen molar-refractivity contribution in [1.29, 1.82) is 0 Å². The molecule has 1 aromatic carbocycles. The first-order valence-electron chi connectivity index (χ1n) is 13.5. The highest BCUT2D eigenvalue weighted by Gasteiger charge is 2.47. The maximum absolute atomic E-state index is 13.8. The van der Waals surface area contributed by atoms with E-state index in [9.17, 15) is 14.7 Å². The number of aliphatic hydroxyl groups is 1. The number of fused-ring (bicyclic) bond motifs is 1. The second kappa shape index (κ2) is 8.94. The van der Waals surface area contributed by atoms with Crippen molar-refractivity contribution < 1.29 is 19.1 Å². The molecule has 1 aliphatic heterocycles. The number of nitrogens with zero attached hydrogens (tertiary/aromatic N) is 3. The zero-order valence-electron chi connectivity index (χ0n) is 23.6. The SMILES string of the molecule is Cc1ccc(-c2cc(C(C)(C)C)c3oc(C(=O)N4CCN(C(=O)[C@H]5C[C@](C)(O)C5)CC4(C)C)cc3n2)cc1. The van der Waals surface area contributed by atoms with Crippen molar-refractivity contribution in [3.05, 3.63) is 53.3 Å². The summed E-state index contributed by atoms with van der Waals surface area (Å²) in [4.78, 5) is 35.3. The lowest BCUT2D eigenvalue weighted by atomic mass is 9.71. The minimum atomic E-state index is -0.742. The Hall–Kier alpha value is -3.19. The van der Waals surface area contributed by atoms with Gasteiger partial charge in [0.2, 0.25) is 5.91 Å². The quantitative estimate of drug-likeness (QED) is 0.508. The predicted octanol–water partition coefficient (Wildman–Crippen LogP) is 5.32. The van der Waals surface area contributed by atoms with Crippen LogP contribution in [0.4, 0.5) is 0 Å². The summed E-state index contributed by atoms with van der Waals surface area (Å²) in [7, 11) is 0. The molecule has 0 unspecified atom stereocenters. The molecular weight excluding hydrogens is 478 g/mol. The Morgan fingerprint density at radius 2 is 1.71 bits per heavy atom. The summed E-state index contributed by atoms with van der Waals surface area (Å²) in [6.45, 7) is 15.5. The summed E-state index contributed by atoms with van der Waals surface area (Å²) in [6.07, 6.45) is 0.996. The van der Waals surface area contributed by atoms with Gasteiger partial charge in [0.1, 0.15) is 5.52 Å². The molecule has 0 bridgehead atoms. The van der Waals surface area contributed by atoms with Gasteiger partial charge in [-0.3, -0.25) is 9.59 Å². The van der Waals surface area contributed by atoms with Crippen LogP contribution in [0.2, 0.25) is 0 Å². The van der Waals surface area contributed by atoms with Gasteiger partial charge in [-0.25, -0.2) is 4.98 Å². The molecular formula is C31H39N3O4. The van der Waals surface area contributed by atoms with Crippen molar-refractivity contribution in [3.63, 3.8) is 0 Å². The van der Waals surface area contributed by atoms with E-state index in [-0.39, 0.29) is 28.9 Å². The normalized spacial score (nSPS) is 23.4. The third kappa shape index (κ3) is 4.84. The summed E-state index contributed by atoms with van der Waals surface area (Å²) in [6, 6.07) is 12.1. The second-order valence-electron chi connectivity index (χ2n) is 13.1. The Labute approximate surface area is 224 Å². The molecule has 3 aromatic rings. The van der Waals surface area contributed by atoms with Crippen LogP contribution < -0.4 is 0 Å². The van der Waals surface area contributed by atoms with Crippen molar-refractivity contribution in [3.8, 4) is 11.3 Å². The first kappa shape index (κ1) is 26.4. The molecule has 38 heavy (non-hydrogen) atoms. The van der Waals surface area contributed by atoms with Crippen LogP contribution in [0.1, 0.15) is 76.1 Å². The van der Waals surface area contributed by atoms with Crippen molar-refractivity contribution >= 4 is 22.9 Å². The molecule has 2 fully saturated rings. The molecule has 2 aliphatic rings. The fourth-order valence-corrected chi connectivity index (χ4v) is 5.84. The second-order valence-corrected chi connectivity index (χ2v) is 13.1. The molecule has 7 heteroatoms. The van der Waals surface area contributed by atoms with Gasteiger partial charge in [0.25, 0.3) is 5.91 Å².